The molecule has 0 saturated heterocycles. The minimum absolute atomic E-state index is 0.0108. The van der Waals surface area contributed by atoms with Crippen LogP contribution in [0.3, 0.4) is 0 Å². The molecule has 0 aliphatic carbocycles. The molecular weight excluding hydrogens is 326 g/mol. The Morgan fingerprint density at radius 2 is 2.12 bits per heavy atom. The van der Waals surface area contributed by atoms with Crippen LogP contribution in [0.5, 0.6) is 0 Å². The number of rotatable bonds is 7. The number of hydrazine groups is 1. The van der Waals surface area contributed by atoms with Gasteiger partial charge < -0.3 is 15.8 Å². The van der Waals surface area contributed by atoms with E-state index in [2.05, 4.69) is 12.5 Å². The van der Waals surface area contributed by atoms with Crippen LogP contribution in [-0.4, -0.2) is 22.6 Å². The average molecular weight is 344 g/mol. The SMILES string of the molecule is C#C/C=C(\C=C/CN(N)/C=C(/N)C(=C)c1ccccc1Cl)C(=O)O. The minimum atomic E-state index is -1.12. The van der Waals surface area contributed by atoms with Crippen molar-refractivity contribution in [3.8, 4) is 12.3 Å². The first-order valence-electron chi connectivity index (χ1n) is 6.85. The van der Waals surface area contributed by atoms with E-state index in [0.717, 1.165) is 6.08 Å². The summed E-state index contributed by atoms with van der Waals surface area (Å²) in [4.78, 5) is 10.9. The molecule has 0 unspecified atom stereocenters. The van der Waals surface area contributed by atoms with Crippen molar-refractivity contribution >= 4 is 23.1 Å². The zero-order valence-electron chi connectivity index (χ0n) is 12.9. The van der Waals surface area contributed by atoms with Gasteiger partial charge in [0, 0.05) is 28.4 Å². The number of terminal acetylenes is 1. The Bertz CT molecular complexity index is 758. The molecule has 5 nitrogen and oxygen atoms in total. The van der Waals surface area contributed by atoms with Crippen molar-refractivity contribution in [1.29, 1.82) is 0 Å². The third-order valence-electron chi connectivity index (χ3n) is 2.95. The highest BCUT2D eigenvalue weighted by atomic mass is 35.5. The number of carboxylic acids is 1. The second kappa shape index (κ2) is 9.26. The predicted molar refractivity (Wildman–Crippen MR) is 97.3 cm³/mol. The summed E-state index contributed by atoms with van der Waals surface area (Å²) in [7, 11) is 0. The molecule has 0 saturated carbocycles. The van der Waals surface area contributed by atoms with Gasteiger partial charge >= 0.3 is 5.97 Å². The summed E-state index contributed by atoms with van der Waals surface area (Å²) in [6.45, 7) is 4.14. The lowest BCUT2D eigenvalue weighted by Gasteiger charge is -2.14. The number of hydrogen-bond acceptors (Lipinski definition) is 4. The first-order valence-corrected chi connectivity index (χ1v) is 7.23. The van der Waals surface area contributed by atoms with Crippen LogP contribution in [0.1, 0.15) is 5.56 Å². The molecule has 0 aromatic heterocycles. The number of carboxylic acid groups (broad SMARTS) is 1. The Labute approximate surface area is 146 Å². The van der Waals surface area contributed by atoms with Gasteiger partial charge in [0.2, 0.25) is 0 Å². The van der Waals surface area contributed by atoms with E-state index >= 15 is 0 Å². The van der Waals surface area contributed by atoms with Crippen LogP contribution in [0.15, 0.2) is 66.5 Å². The van der Waals surface area contributed by atoms with Gasteiger partial charge in [-0.15, -0.1) is 6.42 Å². The van der Waals surface area contributed by atoms with Gasteiger partial charge in [-0.25, -0.2) is 10.6 Å². The van der Waals surface area contributed by atoms with Gasteiger partial charge in [0.1, 0.15) is 0 Å². The predicted octanol–water partition coefficient (Wildman–Crippen LogP) is 2.53. The van der Waals surface area contributed by atoms with Gasteiger partial charge in [-0.3, -0.25) is 0 Å². The summed E-state index contributed by atoms with van der Waals surface area (Å²) in [6.07, 6.45) is 10.6. The van der Waals surface area contributed by atoms with E-state index in [1.807, 2.05) is 12.1 Å². The van der Waals surface area contributed by atoms with Crippen LogP contribution in [0.2, 0.25) is 5.02 Å². The Hall–Kier alpha value is -2.94. The number of nitrogens with two attached hydrogens (primary N) is 2. The van der Waals surface area contributed by atoms with Crippen molar-refractivity contribution in [3.05, 3.63) is 77.1 Å². The summed E-state index contributed by atoms with van der Waals surface area (Å²) in [5.74, 6) is 6.86. The van der Waals surface area contributed by atoms with E-state index in [9.17, 15) is 4.79 Å². The molecule has 24 heavy (non-hydrogen) atoms. The van der Waals surface area contributed by atoms with Gasteiger partial charge in [-0.05, 0) is 12.1 Å². The Morgan fingerprint density at radius 3 is 2.71 bits per heavy atom. The number of aliphatic carboxylic acids is 1. The summed E-state index contributed by atoms with van der Waals surface area (Å²) in [5.41, 5.74) is 7.56. The third-order valence-corrected chi connectivity index (χ3v) is 3.28. The zero-order chi connectivity index (χ0) is 18.1. The molecule has 0 aliphatic rings. The van der Waals surface area contributed by atoms with E-state index in [-0.39, 0.29) is 12.1 Å². The van der Waals surface area contributed by atoms with Gasteiger partial charge in [0.05, 0.1) is 17.8 Å². The molecule has 0 bridgehead atoms. The molecule has 5 N–H and O–H groups in total. The second-order valence-electron chi connectivity index (χ2n) is 4.71. The Kier molecular flexibility index (Phi) is 7.37. The maximum Gasteiger partial charge on any atom is 0.336 e. The molecular formula is C18H18ClN3O2. The monoisotopic (exact) mass is 343 g/mol. The van der Waals surface area contributed by atoms with Crippen molar-refractivity contribution < 1.29 is 9.90 Å². The molecule has 1 rings (SSSR count). The van der Waals surface area contributed by atoms with Crippen LogP contribution >= 0.6 is 11.6 Å². The summed E-state index contributed by atoms with van der Waals surface area (Å²) < 4.78 is 0. The lowest BCUT2D eigenvalue weighted by molar-refractivity contribution is -0.132. The molecule has 0 aliphatic heterocycles. The molecule has 0 spiro atoms. The molecule has 0 radical (unpaired) electrons. The standard InChI is InChI=1S/C18H18ClN3O2/c1-3-7-14(18(23)24)8-6-11-22(21)12-17(20)13(2)15-9-4-5-10-16(15)19/h1,4-10,12H,2,11,20-21H2,(H,23,24)/b8-6-,14-7+,17-12+. The van der Waals surface area contributed by atoms with Gasteiger partial charge in [0.25, 0.3) is 0 Å². The molecule has 1 aromatic carbocycles. The van der Waals surface area contributed by atoms with Crippen molar-refractivity contribution in [3.63, 3.8) is 0 Å². The maximum absolute atomic E-state index is 10.9. The minimum Gasteiger partial charge on any atom is -0.478 e. The van der Waals surface area contributed by atoms with Crippen LogP contribution in [0.25, 0.3) is 5.57 Å². The fraction of sp³-hybridized carbons (Fsp3) is 0.0556. The van der Waals surface area contributed by atoms with Crippen molar-refractivity contribution in [1.82, 2.24) is 5.01 Å². The van der Waals surface area contributed by atoms with E-state index in [1.54, 1.807) is 18.2 Å². The van der Waals surface area contributed by atoms with Crippen molar-refractivity contribution in [2.75, 3.05) is 6.54 Å². The highest BCUT2D eigenvalue weighted by molar-refractivity contribution is 6.32. The number of hydrogen-bond donors (Lipinski definition) is 3. The topological polar surface area (TPSA) is 92.6 Å². The van der Waals surface area contributed by atoms with E-state index in [4.69, 9.17) is 34.7 Å². The molecule has 1 aromatic rings. The number of benzene rings is 1. The Balaban J connectivity index is 2.77. The van der Waals surface area contributed by atoms with Crippen molar-refractivity contribution in [2.45, 2.75) is 0 Å². The van der Waals surface area contributed by atoms with E-state index in [0.29, 0.717) is 21.9 Å². The normalized spacial score (nSPS) is 12.0. The van der Waals surface area contributed by atoms with E-state index < -0.39 is 5.97 Å². The fourth-order valence-electron chi connectivity index (χ4n) is 1.74. The van der Waals surface area contributed by atoms with Crippen LogP contribution < -0.4 is 11.6 Å². The Morgan fingerprint density at radius 1 is 1.46 bits per heavy atom. The smallest absolute Gasteiger partial charge is 0.336 e. The van der Waals surface area contributed by atoms with Gasteiger partial charge in [-0.1, -0.05) is 48.4 Å². The summed E-state index contributed by atoms with van der Waals surface area (Å²) in [6, 6.07) is 7.18. The summed E-state index contributed by atoms with van der Waals surface area (Å²) in [5, 5.41) is 10.8. The second-order valence-corrected chi connectivity index (χ2v) is 5.12. The van der Waals surface area contributed by atoms with Crippen LogP contribution in [0, 0.1) is 12.3 Å². The third kappa shape index (κ3) is 5.69. The first kappa shape index (κ1) is 19.1. The summed E-state index contributed by atoms with van der Waals surface area (Å²) >= 11 is 6.10. The lowest BCUT2D eigenvalue weighted by Crippen LogP contribution is -2.26. The largest absolute Gasteiger partial charge is 0.478 e. The maximum atomic E-state index is 10.9. The average Bonchev–Trinajstić information content (AvgIpc) is 2.53. The number of allylic oxidation sites excluding steroid dienone is 2. The highest BCUT2D eigenvalue weighted by Crippen LogP contribution is 2.25. The number of halogens is 1. The van der Waals surface area contributed by atoms with E-state index in [1.165, 1.54) is 17.3 Å². The van der Waals surface area contributed by atoms with Gasteiger partial charge in [-0.2, -0.15) is 0 Å². The molecule has 0 fully saturated rings. The van der Waals surface area contributed by atoms with Crippen LogP contribution in [0.4, 0.5) is 0 Å². The highest BCUT2D eigenvalue weighted by Gasteiger charge is 2.07. The van der Waals surface area contributed by atoms with Gasteiger partial charge in [0.15, 0.2) is 0 Å². The quantitative estimate of drug-likeness (QED) is 0.232. The lowest BCUT2D eigenvalue weighted by atomic mass is 10.1. The zero-order valence-corrected chi connectivity index (χ0v) is 13.7. The number of nitrogens with zero attached hydrogens (tertiary/aromatic N) is 1. The fourth-order valence-corrected chi connectivity index (χ4v) is 1.99. The molecule has 6 heteroatoms. The number of carbonyl (C=O) groups is 1. The van der Waals surface area contributed by atoms with Crippen LogP contribution in [-0.2, 0) is 4.79 Å². The van der Waals surface area contributed by atoms with Crippen molar-refractivity contribution in [2.24, 2.45) is 11.6 Å². The molecule has 0 heterocycles. The first-order chi connectivity index (χ1) is 11.4. The molecule has 0 amide bonds. The molecule has 0 atom stereocenters. The molecule has 124 valence electrons.